The van der Waals surface area contributed by atoms with E-state index in [9.17, 15) is 9.59 Å². The van der Waals surface area contributed by atoms with E-state index in [2.05, 4.69) is 4.98 Å². The quantitative estimate of drug-likeness (QED) is 0.154. The van der Waals surface area contributed by atoms with E-state index < -0.39 is 23.4 Å². The molecule has 1 aromatic heterocycles. The number of pyridine rings is 1. The number of fused-ring (bicyclic) bond motifs is 1. The summed E-state index contributed by atoms with van der Waals surface area (Å²) in [6.45, 7) is 0. The second-order valence-electron chi connectivity index (χ2n) is 9.85. The number of imide groups is 1. The summed E-state index contributed by atoms with van der Waals surface area (Å²) in [6.07, 6.45) is 1.69. The number of ketones is 1. The van der Waals surface area contributed by atoms with Crippen LogP contribution in [0.2, 0.25) is 0 Å². The summed E-state index contributed by atoms with van der Waals surface area (Å²) >= 11 is 0. The lowest BCUT2D eigenvalue weighted by Crippen LogP contribution is -2.41. The van der Waals surface area contributed by atoms with Crippen molar-refractivity contribution in [2.45, 2.75) is 11.6 Å². The Morgan fingerprint density at radius 2 is 1.18 bits per heavy atom. The van der Waals surface area contributed by atoms with E-state index in [1.54, 1.807) is 41.5 Å². The highest BCUT2D eigenvalue weighted by molar-refractivity contribution is 6.22. The van der Waals surface area contributed by atoms with Crippen LogP contribution in [0.4, 0.5) is 0 Å². The lowest BCUT2D eigenvalue weighted by atomic mass is 9.83. The minimum absolute atomic E-state index is 0.217. The molecule has 1 unspecified atom stereocenters. The molecule has 1 fully saturated rings. The molecule has 1 saturated heterocycles. The van der Waals surface area contributed by atoms with Gasteiger partial charge in [-0.3, -0.25) is 19.4 Å². The Hall–Kier alpha value is -5.20. The zero-order valence-corrected chi connectivity index (χ0v) is 21.3. The number of carbonyl (C=O) groups is 3. The Bertz CT molecular complexity index is 1740. The van der Waals surface area contributed by atoms with Gasteiger partial charge < -0.3 is 0 Å². The maximum absolute atomic E-state index is 15.0. The minimum atomic E-state index is -1.35. The highest BCUT2D eigenvalue weighted by Crippen LogP contribution is 2.63. The fourth-order valence-electron chi connectivity index (χ4n) is 5.92. The second kappa shape index (κ2) is 9.22. The Labute approximate surface area is 231 Å². The zero-order chi connectivity index (χ0) is 27.3. The van der Waals surface area contributed by atoms with E-state index >= 15 is 4.79 Å². The van der Waals surface area contributed by atoms with E-state index in [0.29, 0.717) is 33.5 Å². The van der Waals surface area contributed by atoms with E-state index in [0.717, 1.165) is 10.6 Å². The van der Waals surface area contributed by atoms with Gasteiger partial charge >= 0.3 is 0 Å². The number of aromatic nitrogens is 1. The Morgan fingerprint density at radius 1 is 0.625 bits per heavy atom. The molecule has 0 aliphatic carbocycles. The maximum atomic E-state index is 15.0. The number of benzene rings is 4. The molecule has 0 radical (unpaired) electrons. The van der Waals surface area contributed by atoms with Gasteiger partial charge in [0.15, 0.2) is 11.3 Å². The first-order chi connectivity index (χ1) is 19.6. The van der Waals surface area contributed by atoms with Crippen LogP contribution in [0, 0.1) is 0 Å². The van der Waals surface area contributed by atoms with Crippen LogP contribution in [0.15, 0.2) is 134 Å². The van der Waals surface area contributed by atoms with Gasteiger partial charge in [0.25, 0.3) is 11.8 Å². The van der Waals surface area contributed by atoms with Crippen molar-refractivity contribution in [2.24, 2.45) is 0 Å². The lowest BCUT2D eigenvalue weighted by molar-refractivity contribution is 0.0288. The summed E-state index contributed by atoms with van der Waals surface area (Å²) in [6, 6.07) is 38.1. The standard InChI is InChI=1S/C34H23N3O3/c38-31(26-18-8-7-17-25(26)29-21-11-12-22-35-29)34(24-15-5-2-6-16-24)30(23-13-3-1-4-14-23)37(34)36-32(39)27-19-9-10-20-28(27)33(36)40/h1-22,30H/t30-,34+,37?/m1/s1. The molecule has 192 valence electrons. The maximum Gasteiger partial charge on any atom is 0.276 e. The van der Waals surface area contributed by atoms with Crippen LogP contribution in [0.3, 0.4) is 0 Å². The number of amides is 2. The van der Waals surface area contributed by atoms with Crippen LogP contribution in [0.5, 0.6) is 0 Å². The van der Waals surface area contributed by atoms with Gasteiger partial charge in [-0.05, 0) is 35.4 Å². The van der Waals surface area contributed by atoms with E-state index in [-0.39, 0.29) is 5.78 Å². The molecule has 7 rings (SSSR count). The molecule has 6 heteroatoms. The molecule has 0 saturated carbocycles. The van der Waals surface area contributed by atoms with Gasteiger partial charge in [-0.15, -0.1) is 0 Å². The molecule has 3 heterocycles. The molecule has 40 heavy (non-hydrogen) atoms. The number of rotatable bonds is 6. The van der Waals surface area contributed by atoms with Gasteiger partial charge in [-0.2, -0.15) is 10.0 Å². The number of hydrazine groups is 1. The molecule has 2 amide bonds. The van der Waals surface area contributed by atoms with Crippen LogP contribution in [-0.4, -0.2) is 32.6 Å². The third-order valence-corrected chi connectivity index (χ3v) is 7.71. The van der Waals surface area contributed by atoms with Crippen molar-refractivity contribution in [1.29, 1.82) is 0 Å². The van der Waals surface area contributed by atoms with Gasteiger partial charge in [-0.1, -0.05) is 103 Å². The molecular formula is C34H23N3O3. The van der Waals surface area contributed by atoms with Gasteiger partial charge in [-0.25, -0.2) is 0 Å². The summed E-state index contributed by atoms with van der Waals surface area (Å²) in [5, 5.41) is 2.83. The van der Waals surface area contributed by atoms with Crippen molar-refractivity contribution >= 4 is 17.6 Å². The van der Waals surface area contributed by atoms with E-state index in [4.69, 9.17) is 0 Å². The average Bonchev–Trinajstić information content (AvgIpc) is 3.65. The molecule has 0 N–H and O–H groups in total. The molecule has 2 aliphatic rings. The van der Waals surface area contributed by atoms with Crippen molar-refractivity contribution in [1.82, 2.24) is 15.0 Å². The van der Waals surface area contributed by atoms with Gasteiger partial charge in [0.05, 0.1) is 22.9 Å². The Balaban J connectivity index is 1.46. The zero-order valence-electron chi connectivity index (χ0n) is 21.3. The third kappa shape index (κ3) is 3.40. The monoisotopic (exact) mass is 521 g/mol. The molecular weight excluding hydrogens is 498 g/mol. The normalized spacial score (nSPS) is 21.2. The smallest absolute Gasteiger partial charge is 0.276 e. The lowest BCUT2D eigenvalue weighted by Gasteiger charge is -2.23. The minimum Gasteiger partial charge on any atom is -0.291 e. The molecule has 6 nitrogen and oxygen atoms in total. The molecule has 3 atom stereocenters. The molecule has 5 aromatic rings. The fourth-order valence-corrected chi connectivity index (χ4v) is 5.92. The predicted octanol–water partition coefficient (Wildman–Crippen LogP) is 6.09. The van der Waals surface area contributed by atoms with Crippen LogP contribution in [0.25, 0.3) is 11.3 Å². The molecule has 0 spiro atoms. The highest BCUT2D eigenvalue weighted by Gasteiger charge is 2.74. The summed E-state index contributed by atoms with van der Waals surface area (Å²) < 4.78 is 0. The summed E-state index contributed by atoms with van der Waals surface area (Å²) in [7, 11) is 0. The predicted molar refractivity (Wildman–Crippen MR) is 150 cm³/mol. The number of hydrogen-bond acceptors (Lipinski definition) is 5. The van der Waals surface area contributed by atoms with Crippen molar-refractivity contribution in [3.05, 3.63) is 161 Å². The van der Waals surface area contributed by atoms with Gasteiger partial charge in [0.2, 0.25) is 0 Å². The Morgan fingerprint density at radius 3 is 1.80 bits per heavy atom. The van der Waals surface area contributed by atoms with Crippen molar-refractivity contribution in [3.63, 3.8) is 0 Å². The van der Waals surface area contributed by atoms with Crippen LogP contribution in [-0.2, 0) is 5.54 Å². The van der Waals surface area contributed by atoms with Crippen molar-refractivity contribution in [3.8, 4) is 11.3 Å². The fraction of sp³-hybridized carbons (Fsp3) is 0.0588. The average molecular weight is 522 g/mol. The Kier molecular flexibility index (Phi) is 5.51. The van der Waals surface area contributed by atoms with Crippen LogP contribution in [0.1, 0.15) is 48.2 Å². The van der Waals surface area contributed by atoms with E-state index in [1.807, 2.05) is 97.1 Å². The molecule has 0 bridgehead atoms. The highest BCUT2D eigenvalue weighted by atomic mass is 16.2. The first-order valence-electron chi connectivity index (χ1n) is 13.1. The first kappa shape index (κ1) is 23.9. The second-order valence-corrected chi connectivity index (χ2v) is 9.85. The largest absolute Gasteiger partial charge is 0.291 e. The number of hydrogen-bond donors (Lipinski definition) is 0. The van der Waals surface area contributed by atoms with Gasteiger partial charge in [0.1, 0.15) is 0 Å². The van der Waals surface area contributed by atoms with E-state index in [1.165, 1.54) is 0 Å². The van der Waals surface area contributed by atoms with Crippen LogP contribution < -0.4 is 0 Å². The topological polar surface area (TPSA) is 70.3 Å². The third-order valence-electron chi connectivity index (χ3n) is 7.71. The summed E-state index contributed by atoms with van der Waals surface area (Å²) in [4.78, 5) is 47.1. The first-order valence-corrected chi connectivity index (χ1v) is 13.1. The molecule has 4 aromatic carbocycles. The molecule has 2 aliphatic heterocycles. The number of carbonyl (C=O) groups excluding carboxylic acids is 3. The number of Topliss-reactive ketones (excluding diaryl/α,β-unsaturated/α-hetero) is 1. The SMILES string of the molecule is O=C1c2ccccc2C(=O)N1N1[C@H](c2ccccc2)[C@]1(C(=O)c1ccccc1-c1ccccn1)c1ccccc1. The van der Waals surface area contributed by atoms with Crippen molar-refractivity contribution < 1.29 is 14.4 Å². The summed E-state index contributed by atoms with van der Waals surface area (Å²) in [5.74, 6) is -1.10. The summed E-state index contributed by atoms with van der Waals surface area (Å²) in [5.41, 5.74) is 2.64. The van der Waals surface area contributed by atoms with Gasteiger partial charge in [0, 0.05) is 17.3 Å². The van der Waals surface area contributed by atoms with Crippen molar-refractivity contribution in [2.75, 3.05) is 0 Å². The number of nitrogens with zero attached hydrogens (tertiary/aromatic N) is 3. The van der Waals surface area contributed by atoms with Crippen LogP contribution >= 0.6 is 0 Å².